The molecule has 2 nitrogen and oxygen atoms in total. The third-order valence-corrected chi connectivity index (χ3v) is 4.10. The highest BCUT2D eigenvalue weighted by Gasteiger charge is 2.17. The van der Waals surface area contributed by atoms with Gasteiger partial charge < -0.3 is 10.8 Å². The molecule has 0 fully saturated rings. The van der Waals surface area contributed by atoms with Crippen LogP contribution in [0.4, 0.5) is 4.39 Å². The van der Waals surface area contributed by atoms with Crippen LogP contribution in [-0.2, 0) is 0 Å². The van der Waals surface area contributed by atoms with Crippen molar-refractivity contribution >= 4 is 0 Å². The van der Waals surface area contributed by atoms with Gasteiger partial charge in [0.15, 0.2) is 0 Å². The molecular weight excluding hydrogens is 289 g/mol. The Kier molecular flexibility index (Phi) is 4.90. The van der Waals surface area contributed by atoms with Gasteiger partial charge in [0.05, 0.1) is 5.76 Å². The van der Waals surface area contributed by atoms with Crippen LogP contribution in [0.3, 0.4) is 0 Å². The summed E-state index contributed by atoms with van der Waals surface area (Å²) >= 11 is 0. The van der Waals surface area contributed by atoms with Gasteiger partial charge in [-0.05, 0) is 67.6 Å². The molecule has 0 saturated carbocycles. The van der Waals surface area contributed by atoms with Crippen LogP contribution in [-0.4, -0.2) is 5.11 Å². The molecule has 0 aromatic heterocycles. The Morgan fingerprint density at radius 1 is 1.09 bits per heavy atom. The lowest BCUT2D eigenvalue weighted by Crippen LogP contribution is -2.14. The first-order chi connectivity index (χ1) is 10.7. The molecule has 0 aliphatic heterocycles. The van der Waals surface area contributed by atoms with Crippen LogP contribution >= 0.6 is 0 Å². The molecule has 122 valence electrons. The van der Waals surface area contributed by atoms with E-state index in [2.05, 4.69) is 39.5 Å². The van der Waals surface area contributed by atoms with Crippen molar-refractivity contribution in [1.82, 2.24) is 0 Å². The van der Waals surface area contributed by atoms with E-state index in [9.17, 15) is 9.50 Å². The Hall–Kier alpha value is -2.13. The third kappa shape index (κ3) is 3.62. The van der Waals surface area contributed by atoms with Gasteiger partial charge in [-0.1, -0.05) is 24.3 Å². The zero-order valence-corrected chi connectivity index (χ0v) is 14.2. The predicted molar refractivity (Wildman–Crippen MR) is 94.1 cm³/mol. The maximum absolute atomic E-state index is 14.5. The highest BCUT2D eigenvalue weighted by atomic mass is 19.1. The average molecular weight is 313 g/mol. The molecule has 3 N–H and O–H groups in total. The van der Waals surface area contributed by atoms with E-state index in [0.717, 1.165) is 22.3 Å². The monoisotopic (exact) mass is 313 g/mol. The minimum absolute atomic E-state index is 0.0392. The van der Waals surface area contributed by atoms with Crippen LogP contribution < -0.4 is 5.73 Å². The van der Waals surface area contributed by atoms with Crippen molar-refractivity contribution in [1.29, 1.82) is 0 Å². The summed E-state index contributed by atoms with van der Waals surface area (Å²) in [5.74, 6) is -0.354. The molecule has 1 atom stereocenters. The van der Waals surface area contributed by atoms with Crippen LogP contribution in [0.2, 0.25) is 0 Å². The summed E-state index contributed by atoms with van der Waals surface area (Å²) in [4.78, 5) is 0. The first kappa shape index (κ1) is 17.2. The number of nitrogens with two attached hydrogens (primary N) is 1. The summed E-state index contributed by atoms with van der Waals surface area (Å²) in [5.41, 5.74) is 12.6. The van der Waals surface area contributed by atoms with Crippen molar-refractivity contribution in [2.75, 3.05) is 0 Å². The number of benzene rings is 2. The van der Waals surface area contributed by atoms with E-state index in [-0.39, 0.29) is 18.0 Å². The second kappa shape index (κ2) is 6.55. The Labute approximate surface area is 137 Å². The molecule has 0 spiro atoms. The standard InChI is InChI=1S/C20H24FNO/c1-11-6-12(2)19(13(3)7-11)16-8-14(4)20(21)17(10-16)18(22)9-15(5)23/h6-8,10,18,23H,5,9,22H2,1-4H3. The Bertz CT molecular complexity index is 741. The van der Waals surface area contributed by atoms with Gasteiger partial charge >= 0.3 is 0 Å². The van der Waals surface area contributed by atoms with Gasteiger partial charge in [-0.15, -0.1) is 0 Å². The van der Waals surface area contributed by atoms with Crippen LogP contribution in [0.25, 0.3) is 11.1 Å². The molecule has 0 bridgehead atoms. The van der Waals surface area contributed by atoms with E-state index in [1.165, 1.54) is 5.56 Å². The normalized spacial score (nSPS) is 12.3. The van der Waals surface area contributed by atoms with Crippen molar-refractivity contribution in [3.8, 4) is 11.1 Å². The van der Waals surface area contributed by atoms with Crippen molar-refractivity contribution in [2.45, 2.75) is 40.2 Å². The van der Waals surface area contributed by atoms with Gasteiger partial charge in [0.25, 0.3) is 0 Å². The summed E-state index contributed by atoms with van der Waals surface area (Å²) in [6.45, 7) is 11.4. The molecule has 23 heavy (non-hydrogen) atoms. The average Bonchev–Trinajstić information content (AvgIpc) is 2.40. The Morgan fingerprint density at radius 2 is 1.65 bits per heavy atom. The molecule has 0 aliphatic rings. The van der Waals surface area contributed by atoms with Gasteiger partial charge in [0.1, 0.15) is 5.82 Å². The van der Waals surface area contributed by atoms with Gasteiger partial charge in [0.2, 0.25) is 0 Å². The summed E-state index contributed by atoms with van der Waals surface area (Å²) in [6.07, 6.45) is 0.145. The lowest BCUT2D eigenvalue weighted by atomic mass is 9.90. The van der Waals surface area contributed by atoms with Crippen molar-refractivity contribution in [3.63, 3.8) is 0 Å². The topological polar surface area (TPSA) is 46.2 Å². The van der Waals surface area contributed by atoms with Gasteiger partial charge in [-0.3, -0.25) is 0 Å². The summed E-state index contributed by atoms with van der Waals surface area (Å²) < 4.78 is 14.5. The maximum Gasteiger partial charge on any atom is 0.130 e. The minimum Gasteiger partial charge on any atom is -0.513 e. The molecular formula is C20H24FNO. The highest BCUT2D eigenvalue weighted by molar-refractivity contribution is 5.72. The van der Waals surface area contributed by atoms with Crippen LogP contribution in [0.15, 0.2) is 36.6 Å². The number of rotatable bonds is 4. The minimum atomic E-state index is -0.614. The fourth-order valence-corrected chi connectivity index (χ4v) is 3.21. The number of hydrogen-bond donors (Lipinski definition) is 2. The number of hydrogen-bond acceptors (Lipinski definition) is 2. The lowest BCUT2D eigenvalue weighted by molar-refractivity contribution is 0.375. The number of aliphatic hydroxyl groups is 1. The SMILES string of the molecule is C=C(O)CC(N)c1cc(-c2c(C)cc(C)cc2C)cc(C)c1F. The molecule has 2 aromatic carbocycles. The maximum atomic E-state index is 14.5. The molecule has 2 aromatic rings. The van der Waals surface area contributed by atoms with Crippen LogP contribution in [0, 0.1) is 33.5 Å². The second-order valence-electron chi connectivity index (χ2n) is 6.35. The summed E-state index contributed by atoms with van der Waals surface area (Å²) in [7, 11) is 0. The second-order valence-corrected chi connectivity index (χ2v) is 6.35. The van der Waals surface area contributed by atoms with E-state index in [4.69, 9.17) is 5.73 Å². The van der Waals surface area contributed by atoms with Crippen molar-refractivity contribution in [3.05, 3.63) is 70.2 Å². The molecule has 0 radical (unpaired) electrons. The smallest absolute Gasteiger partial charge is 0.130 e. The molecule has 1 unspecified atom stereocenters. The largest absolute Gasteiger partial charge is 0.513 e. The van der Waals surface area contributed by atoms with E-state index >= 15 is 0 Å². The van der Waals surface area contributed by atoms with E-state index in [1.807, 2.05) is 6.07 Å². The van der Waals surface area contributed by atoms with Gasteiger partial charge in [0, 0.05) is 18.0 Å². The summed E-state index contributed by atoms with van der Waals surface area (Å²) in [6, 6.07) is 7.27. The van der Waals surface area contributed by atoms with E-state index in [1.54, 1.807) is 13.0 Å². The molecule has 0 amide bonds. The fraction of sp³-hybridized carbons (Fsp3) is 0.300. The Morgan fingerprint density at radius 3 is 2.17 bits per heavy atom. The van der Waals surface area contributed by atoms with Gasteiger partial charge in [-0.25, -0.2) is 4.39 Å². The molecule has 0 heterocycles. The van der Waals surface area contributed by atoms with Gasteiger partial charge in [-0.2, -0.15) is 0 Å². The first-order valence-electron chi connectivity index (χ1n) is 7.71. The highest BCUT2D eigenvalue weighted by Crippen LogP contribution is 2.33. The van der Waals surface area contributed by atoms with Crippen LogP contribution in [0.1, 0.15) is 40.3 Å². The quantitative estimate of drug-likeness (QED) is 0.763. The third-order valence-electron chi connectivity index (χ3n) is 4.10. The zero-order valence-electron chi connectivity index (χ0n) is 14.2. The molecule has 3 heteroatoms. The number of halogens is 1. The number of aryl methyl sites for hydroxylation is 4. The lowest BCUT2D eigenvalue weighted by Gasteiger charge is -2.18. The zero-order chi connectivity index (χ0) is 17.3. The molecule has 2 rings (SSSR count). The number of aliphatic hydroxyl groups excluding tert-OH is 1. The van der Waals surface area contributed by atoms with Crippen molar-refractivity contribution in [2.24, 2.45) is 5.73 Å². The first-order valence-corrected chi connectivity index (χ1v) is 7.71. The Balaban J connectivity index is 2.62. The molecule has 0 saturated heterocycles. The molecule has 0 aliphatic carbocycles. The summed E-state index contributed by atoms with van der Waals surface area (Å²) in [5, 5.41) is 9.35. The van der Waals surface area contributed by atoms with Crippen molar-refractivity contribution < 1.29 is 9.50 Å². The van der Waals surface area contributed by atoms with Crippen LogP contribution in [0.5, 0.6) is 0 Å². The van der Waals surface area contributed by atoms with E-state index < -0.39 is 6.04 Å². The van der Waals surface area contributed by atoms with E-state index in [0.29, 0.717) is 11.1 Å². The predicted octanol–water partition coefficient (Wildman–Crippen LogP) is 5.19. The fourth-order valence-electron chi connectivity index (χ4n) is 3.21.